The van der Waals surface area contributed by atoms with Crippen molar-refractivity contribution in [2.75, 3.05) is 0 Å². The van der Waals surface area contributed by atoms with Crippen molar-refractivity contribution >= 4 is 22.9 Å². The van der Waals surface area contributed by atoms with Gasteiger partial charge in [-0.2, -0.15) is 0 Å². The van der Waals surface area contributed by atoms with E-state index < -0.39 is 0 Å². The Balaban J connectivity index is 1.72. The standard InChI is InChI=1S/C16H17ClFNS/c1-9-5-11(6-10(2)16(9)18)8-19-13-3-4-14-12(13)7-15(17)20-14/h5-7,13,19H,3-4,8H2,1-2H3. The Morgan fingerprint density at radius 3 is 2.70 bits per heavy atom. The second kappa shape index (κ2) is 5.47. The number of rotatable bonds is 3. The van der Waals surface area contributed by atoms with Gasteiger partial charge >= 0.3 is 0 Å². The Morgan fingerprint density at radius 1 is 1.30 bits per heavy atom. The molecule has 0 aliphatic heterocycles. The minimum Gasteiger partial charge on any atom is -0.306 e. The highest BCUT2D eigenvalue weighted by Gasteiger charge is 2.24. The number of aryl methyl sites for hydroxylation is 3. The molecule has 0 radical (unpaired) electrons. The molecule has 2 aromatic rings. The summed E-state index contributed by atoms with van der Waals surface area (Å²) in [6.45, 7) is 4.40. The molecule has 0 saturated heterocycles. The smallest absolute Gasteiger partial charge is 0.129 e. The molecule has 1 N–H and O–H groups in total. The lowest BCUT2D eigenvalue weighted by atomic mass is 10.1. The van der Waals surface area contributed by atoms with Crippen LogP contribution in [0.4, 0.5) is 4.39 Å². The molecule has 1 aromatic carbocycles. The molecule has 0 spiro atoms. The first-order chi connectivity index (χ1) is 9.54. The molecule has 1 aliphatic carbocycles. The number of thiophene rings is 1. The highest BCUT2D eigenvalue weighted by atomic mass is 35.5. The Hall–Kier alpha value is -0.900. The average molecular weight is 310 g/mol. The fraction of sp³-hybridized carbons (Fsp3) is 0.375. The fourth-order valence-electron chi connectivity index (χ4n) is 2.92. The molecule has 0 bridgehead atoms. The Kier molecular flexibility index (Phi) is 3.85. The van der Waals surface area contributed by atoms with Crippen molar-refractivity contribution in [3.8, 4) is 0 Å². The first-order valence-corrected chi connectivity index (χ1v) is 8.01. The maximum Gasteiger partial charge on any atom is 0.129 e. The first kappa shape index (κ1) is 14.1. The second-order valence-electron chi connectivity index (χ2n) is 5.44. The summed E-state index contributed by atoms with van der Waals surface area (Å²) in [6.07, 6.45) is 2.23. The van der Waals surface area contributed by atoms with E-state index in [-0.39, 0.29) is 5.82 Å². The maximum atomic E-state index is 13.6. The molecule has 1 nitrogen and oxygen atoms in total. The minimum absolute atomic E-state index is 0.0958. The van der Waals surface area contributed by atoms with Crippen LogP contribution >= 0.6 is 22.9 Å². The van der Waals surface area contributed by atoms with E-state index in [0.717, 1.165) is 29.3 Å². The van der Waals surface area contributed by atoms with Crippen LogP contribution in [-0.2, 0) is 13.0 Å². The number of nitrogens with one attached hydrogen (secondary N) is 1. The highest BCUT2D eigenvalue weighted by molar-refractivity contribution is 7.16. The largest absolute Gasteiger partial charge is 0.306 e. The van der Waals surface area contributed by atoms with Crippen LogP contribution in [0.1, 0.15) is 39.6 Å². The molecule has 1 atom stereocenters. The average Bonchev–Trinajstić information content (AvgIpc) is 2.92. The van der Waals surface area contributed by atoms with Crippen LogP contribution in [0.15, 0.2) is 18.2 Å². The SMILES string of the molecule is Cc1cc(CNC2CCc3sc(Cl)cc32)cc(C)c1F. The van der Waals surface area contributed by atoms with Crippen molar-refractivity contribution in [2.45, 2.75) is 39.3 Å². The van der Waals surface area contributed by atoms with E-state index in [2.05, 4.69) is 11.4 Å². The van der Waals surface area contributed by atoms with Crippen molar-refractivity contribution < 1.29 is 4.39 Å². The van der Waals surface area contributed by atoms with E-state index in [0.29, 0.717) is 17.2 Å². The van der Waals surface area contributed by atoms with Crippen LogP contribution in [0.25, 0.3) is 0 Å². The Morgan fingerprint density at radius 2 is 2.00 bits per heavy atom. The van der Waals surface area contributed by atoms with Gasteiger partial charge in [0, 0.05) is 17.5 Å². The van der Waals surface area contributed by atoms with Crippen LogP contribution in [-0.4, -0.2) is 0 Å². The summed E-state index contributed by atoms with van der Waals surface area (Å²) >= 11 is 7.75. The van der Waals surface area contributed by atoms with Gasteiger partial charge < -0.3 is 5.32 Å². The fourth-order valence-corrected chi connectivity index (χ4v) is 4.28. The zero-order valence-corrected chi connectivity index (χ0v) is 13.2. The third kappa shape index (κ3) is 2.62. The quantitative estimate of drug-likeness (QED) is 0.847. The molecule has 0 fully saturated rings. The molecule has 0 amide bonds. The topological polar surface area (TPSA) is 12.0 Å². The van der Waals surface area contributed by atoms with Gasteiger partial charge in [0.2, 0.25) is 0 Å². The summed E-state index contributed by atoms with van der Waals surface area (Å²) in [7, 11) is 0. The highest BCUT2D eigenvalue weighted by Crippen LogP contribution is 2.39. The van der Waals surface area contributed by atoms with Gasteiger partial charge in [-0.3, -0.25) is 0 Å². The number of hydrogen-bond donors (Lipinski definition) is 1. The van der Waals surface area contributed by atoms with Crippen molar-refractivity contribution in [3.05, 3.63) is 55.5 Å². The third-order valence-corrected chi connectivity index (χ3v) is 5.24. The van der Waals surface area contributed by atoms with Gasteiger partial charge in [-0.25, -0.2) is 4.39 Å². The summed E-state index contributed by atoms with van der Waals surface area (Å²) in [6, 6.07) is 6.30. The van der Waals surface area contributed by atoms with Crippen molar-refractivity contribution in [1.82, 2.24) is 5.32 Å². The molecular formula is C16H17ClFNS. The van der Waals surface area contributed by atoms with Crippen molar-refractivity contribution in [1.29, 1.82) is 0 Å². The molecule has 0 saturated carbocycles. The first-order valence-electron chi connectivity index (χ1n) is 6.81. The van der Waals surface area contributed by atoms with E-state index in [4.69, 9.17) is 11.6 Å². The third-order valence-electron chi connectivity index (χ3n) is 3.90. The number of halogens is 2. The summed E-state index contributed by atoms with van der Waals surface area (Å²) in [5.74, 6) is -0.0958. The molecule has 20 heavy (non-hydrogen) atoms. The van der Waals surface area contributed by atoms with E-state index in [9.17, 15) is 4.39 Å². The van der Waals surface area contributed by atoms with Crippen LogP contribution in [0, 0.1) is 19.7 Å². The summed E-state index contributed by atoms with van der Waals surface area (Å²) in [5, 5.41) is 3.57. The van der Waals surface area contributed by atoms with Crippen molar-refractivity contribution in [2.24, 2.45) is 0 Å². The van der Waals surface area contributed by atoms with Gasteiger partial charge in [-0.15, -0.1) is 11.3 Å². The lowest BCUT2D eigenvalue weighted by Gasteiger charge is -2.14. The van der Waals surface area contributed by atoms with Crippen LogP contribution in [0.2, 0.25) is 4.34 Å². The lowest BCUT2D eigenvalue weighted by Crippen LogP contribution is -2.18. The molecule has 3 rings (SSSR count). The summed E-state index contributed by atoms with van der Waals surface area (Å²) < 4.78 is 14.5. The van der Waals surface area contributed by atoms with Gasteiger partial charge in [0.15, 0.2) is 0 Å². The Bertz CT molecular complexity index is 627. The van der Waals surface area contributed by atoms with Gasteiger partial charge in [-0.05, 0) is 55.0 Å². The zero-order valence-electron chi connectivity index (χ0n) is 11.6. The van der Waals surface area contributed by atoms with Gasteiger partial charge in [0.05, 0.1) is 4.34 Å². The monoisotopic (exact) mass is 309 g/mol. The molecule has 4 heteroatoms. The molecule has 106 valence electrons. The summed E-state index contributed by atoms with van der Waals surface area (Å²) in [4.78, 5) is 1.40. The zero-order chi connectivity index (χ0) is 14.3. The van der Waals surface area contributed by atoms with Gasteiger partial charge in [0.25, 0.3) is 0 Å². The van der Waals surface area contributed by atoms with Crippen LogP contribution in [0.3, 0.4) is 0 Å². The van der Waals surface area contributed by atoms with E-state index >= 15 is 0 Å². The molecule has 1 unspecified atom stereocenters. The lowest BCUT2D eigenvalue weighted by molar-refractivity contribution is 0.529. The van der Waals surface area contributed by atoms with Crippen LogP contribution in [0.5, 0.6) is 0 Å². The van der Waals surface area contributed by atoms with Gasteiger partial charge in [-0.1, -0.05) is 23.7 Å². The number of fused-ring (bicyclic) bond motifs is 1. The van der Waals surface area contributed by atoms with E-state index in [1.165, 1.54) is 10.4 Å². The molecule has 1 aliphatic rings. The second-order valence-corrected chi connectivity index (χ2v) is 7.21. The van der Waals surface area contributed by atoms with Crippen LogP contribution < -0.4 is 5.32 Å². The van der Waals surface area contributed by atoms with Crippen molar-refractivity contribution in [3.63, 3.8) is 0 Å². The maximum absolute atomic E-state index is 13.6. The van der Waals surface area contributed by atoms with E-state index in [1.54, 1.807) is 11.3 Å². The Labute approximate surface area is 127 Å². The van der Waals surface area contributed by atoms with E-state index in [1.807, 2.05) is 26.0 Å². The number of benzene rings is 1. The van der Waals surface area contributed by atoms with Gasteiger partial charge in [0.1, 0.15) is 5.82 Å². The predicted octanol–water partition coefficient (Wildman–Crippen LogP) is 4.93. The molecule has 1 aromatic heterocycles. The molecule has 1 heterocycles. The minimum atomic E-state index is -0.0958. The normalized spacial score (nSPS) is 17.5. The summed E-state index contributed by atoms with van der Waals surface area (Å²) in [5.41, 5.74) is 3.91. The predicted molar refractivity (Wildman–Crippen MR) is 83.1 cm³/mol. The molecular weight excluding hydrogens is 293 g/mol. The number of hydrogen-bond acceptors (Lipinski definition) is 2.